The zero-order valence-corrected chi connectivity index (χ0v) is 23.9. The molecule has 8 heteroatoms. The van der Waals surface area contributed by atoms with Crippen molar-refractivity contribution >= 4 is 28.3 Å². The predicted molar refractivity (Wildman–Crippen MR) is 160 cm³/mol. The Hall–Kier alpha value is -4.01. The summed E-state index contributed by atoms with van der Waals surface area (Å²) in [5.41, 5.74) is 6.05. The number of benzene rings is 2. The minimum Gasteiger partial charge on any atom is -0.457 e. The predicted octanol–water partition coefficient (Wildman–Crippen LogP) is 6.21. The van der Waals surface area contributed by atoms with Crippen molar-refractivity contribution < 1.29 is 9.53 Å². The number of carbonyl (C=O) groups excluding carboxylic acids is 1. The highest BCUT2D eigenvalue weighted by Gasteiger charge is 2.20. The van der Waals surface area contributed by atoms with Crippen LogP contribution in [0.1, 0.15) is 40.3 Å². The number of fused-ring (bicyclic) bond motifs is 1. The lowest BCUT2D eigenvalue weighted by Crippen LogP contribution is -2.43. The fraction of sp³-hybridized carbons (Fsp3) is 0.281. The number of carbonyl (C=O) groups is 1. The first-order valence-corrected chi connectivity index (χ1v) is 14.5. The molecule has 1 N–H and O–H groups in total. The van der Waals surface area contributed by atoms with E-state index in [-0.39, 0.29) is 11.9 Å². The van der Waals surface area contributed by atoms with E-state index in [1.807, 2.05) is 18.2 Å². The molecule has 1 fully saturated rings. The normalized spacial score (nSPS) is 14.5. The minimum absolute atomic E-state index is 0.164. The SMILES string of the molecule is Cc1ccc(Cc2nc3cc(Oc4ccnc(C(=O)NC5CCN(C)CC5)c4)ccc3n2C)cc1-c1cccs1. The van der Waals surface area contributed by atoms with Crippen LogP contribution in [-0.2, 0) is 13.5 Å². The van der Waals surface area contributed by atoms with Gasteiger partial charge in [0.25, 0.3) is 5.91 Å². The summed E-state index contributed by atoms with van der Waals surface area (Å²) in [6, 6.07) is 20.5. The topological polar surface area (TPSA) is 72.3 Å². The maximum Gasteiger partial charge on any atom is 0.270 e. The average molecular weight is 552 g/mol. The molecule has 7 nitrogen and oxygen atoms in total. The Kier molecular flexibility index (Phi) is 7.36. The van der Waals surface area contributed by atoms with Gasteiger partial charge in [-0.2, -0.15) is 0 Å². The molecule has 2 aromatic carbocycles. The Morgan fingerprint density at radius 1 is 1.05 bits per heavy atom. The van der Waals surface area contributed by atoms with Gasteiger partial charge in [0.15, 0.2) is 0 Å². The quantitative estimate of drug-likeness (QED) is 0.260. The van der Waals surface area contributed by atoms with Crippen LogP contribution in [0.2, 0.25) is 0 Å². The van der Waals surface area contributed by atoms with Gasteiger partial charge in [0, 0.05) is 42.7 Å². The van der Waals surface area contributed by atoms with Crippen LogP contribution in [0, 0.1) is 6.92 Å². The molecule has 40 heavy (non-hydrogen) atoms. The Bertz CT molecular complexity index is 1650. The van der Waals surface area contributed by atoms with E-state index in [4.69, 9.17) is 9.72 Å². The number of piperidine rings is 1. The number of aromatic nitrogens is 3. The number of rotatable bonds is 7. The van der Waals surface area contributed by atoms with Gasteiger partial charge in [-0.1, -0.05) is 18.2 Å². The fourth-order valence-electron chi connectivity index (χ4n) is 5.26. The van der Waals surface area contributed by atoms with Gasteiger partial charge in [0.2, 0.25) is 0 Å². The van der Waals surface area contributed by atoms with Crippen molar-refractivity contribution in [2.45, 2.75) is 32.2 Å². The summed E-state index contributed by atoms with van der Waals surface area (Å²) in [5.74, 6) is 2.06. The van der Waals surface area contributed by atoms with Crippen LogP contribution in [0.25, 0.3) is 21.5 Å². The van der Waals surface area contributed by atoms with Crippen LogP contribution >= 0.6 is 11.3 Å². The Balaban J connectivity index is 1.17. The Labute approximate surface area is 238 Å². The summed E-state index contributed by atoms with van der Waals surface area (Å²) in [7, 11) is 4.16. The first-order chi connectivity index (χ1) is 19.4. The number of ether oxygens (including phenoxy) is 1. The number of amides is 1. The van der Waals surface area contributed by atoms with Crippen molar-refractivity contribution in [2.75, 3.05) is 20.1 Å². The maximum atomic E-state index is 12.8. The van der Waals surface area contributed by atoms with Crippen molar-refractivity contribution in [1.29, 1.82) is 0 Å². The summed E-state index contributed by atoms with van der Waals surface area (Å²) in [6.45, 7) is 4.13. The zero-order chi connectivity index (χ0) is 27.6. The smallest absolute Gasteiger partial charge is 0.270 e. The van der Waals surface area contributed by atoms with E-state index in [2.05, 4.69) is 76.5 Å². The molecule has 0 saturated carbocycles. The molecule has 0 aliphatic carbocycles. The van der Waals surface area contributed by atoms with E-state index >= 15 is 0 Å². The number of thiophene rings is 1. The number of imidazole rings is 1. The molecule has 0 radical (unpaired) electrons. The standard InChI is InChI=1S/C32H33N5O2S/c1-21-6-7-22(17-26(21)30-5-4-16-40-30)18-31-35-27-19-24(8-9-29(27)37(31)3)39-25-10-13-33-28(20-25)32(38)34-23-11-14-36(2)15-12-23/h4-10,13,16-17,19-20,23H,11-12,14-15,18H2,1-3H3,(H,34,38). The molecular weight excluding hydrogens is 518 g/mol. The minimum atomic E-state index is -0.164. The van der Waals surface area contributed by atoms with E-state index in [0.717, 1.165) is 49.2 Å². The lowest BCUT2D eigenvalue weighted by atomic mass is 10.0. The molecule has 1 aliphatic rings. The van der Waals surface area contributed by atoms with Crippen LogP contribution in [0.4, 0.5) is 0 Å². The first-order valence-electron chi connectivity index (χ1n) is 13.6. The van der Waals surface area contributed by atoms with Crippen LogP contribution in [-0.4, -0.2) is 51.5 Å². The van der Waals surface area contributed by atoms with Crippen molar-refractivity contribution in [1.82, 2.24) is 24.8 Å². The number of pyridine rings is 1. The van der Waals surface area contributed by atoms with Crippen molar-refractivity contribution in [2.24, 2.45) is 7.05 Å². The zero-order valence-electron chi connectivity index (χ0n) is 23.1. The molecule has 0 unspecified atom stereocenters. The fourth-order valence-corrected chi connectivity index (χ4v) is 6.06. The molecule has 5 aromatic rings. The molecule has 0 atom stereocenters. The monoisotopic (exact) mass is 551 g/mol. The largest absolute Gasteiger partial charge is 0.457 e. The van der Waals surface area contributed by atoms with Gasteiger partial charge in [-0.05, 0) is 92.3 Å². The van der Waals surface area contributed by atoms with E-state index in [1.54, 1.807) is 29.7 Å². The molecule has 204 valence electrons. The number of likely N-dealkylation sites (tertiary alicyclic amines) is 1. The van der Waals surface area contributed by atoms with Gasteiger partial charge < -0.3 is 19.5 Å². The van der Waals surface area contributed by atoms with Crippen LogP contribution in [0.15, 0.2) is 72.2 Å². The summed E-state index contributed by atoms with van der Waals surface area (Å²) < 4.78 is 8.28. The Morgan fingerprint density at radius 2 is 1.88 bits per heavy atom. The van der Waals surface area contributed by atoms with Gasteiger partial charge in [0.1, 0.15) is 23.0 Å². The molecule has 0 spiro atoms. The number of nitrogens with zero attached hydrogens (tertiary/aromatic N) is 4. The molecule has 1 saturated heterocycles. The lowest BCUT2D eigenvalue weighted by molar-refractivity contribution is 0.0911. The second-order valence-electron chi connectivity index (χ2n) is 10.6. The number of aryl methyl sites for hydroxylation is 2. The third-order valence-electron chi connectivity index (χ3n) is 7.65. The third-order valence-corrected chi connectivity index (χ3v) is 8.55. The lowest BCUT2D eigenvalue weighted by Gasteiger charge is -2.29. The van der Waals surface area contributed by atoms with Crippen molar-refractivity contribution in [3.8, 4) is 21.9 Å². The third kappa shape index (κ3) is 5.64. The van der Waals surface area contributed by atoms with Crippen LogP contribution in [0.3, 0.4) is 0 Å². The summed E-state index contributed by atoms with van der Waals surface area (Å²) in [6.07, 6.45) is 4.25. The summed E-state index contributed by atoms with van der Waals surface area (Å²) in [4.78, 5) is 25.6. The number of nitrogens with one attached hydrogen (secondary N) is 1. The van der Waals surface area contributed by atoms with Crippen molar-refractivity contribution in [3.05, 3.63) is 94.9 Å². The molecule has 6 rings (SSSR count). The second kappa shape index (κ2) is 11.2. The van der Waals surface area contributed by atoms with Gasteiger partial charge in [-0.25, -0.2) is 4.98 Å². The highest BCUT2D eigenvalue weighted by molar-refractivity contribution is 7.13. The van der Waals surface area contributed by atoms with E-state index < -0.39 is 0 Å². The number of hydrogen-bond acceptors (Lipinski definition) is 6. The van der Waals surface area contributed by atoms with Gasteiger partial charge in [0.05, 0.1) is 11.0 Å². The molecule has 3 aromatic heterocycles. The van der Waals surface area contributed by atoms with Crippen LogP contribution in [0.5, 0.6) is 11.5 Å². The molecule has 1 aliphatic heterocycles. The maximum absolute atomic E-state index is 12.8. The molecular formula is C32H33N5O2S. The highest BCUT2D eigenvalue weighted by Crippen LogP contribution is 2.30. The highest BCUT2D eigenvalue weighted by atomic mass is 32.1. The number of hydrogen-bond donors (Lipinski definition) is 1. The molecule has 4 heterocycles. The van der Waals surface area contributed by atoms with Gasteiger partial charge in [-0.3, -0.25) is 9.78 Å². The first kappa shape index (κ1) is 26.2. The molecule has 0 bridgehead atoms. The van der Waals surface area contributed by atoms with Gasteiger partial charge in [-0.15, -0.1) is 11.3 Å². The van der Waals surface area contributed by atoms with Crippen molar-refractivity contribution in [3.63, 3.8) is 0 Å². The van der Waals surface area contributed by atoms with E-state index in [9.17, 15) is 4.79 Å². The van der Waals surface area contributed by atoms with E-state index in [1.165, 1.54) is 21.6 Å². The Morgan fingerprint density at radius 3 is 2.67 bits per heavy atom. The van der Waals surface area contributed by atoms with Crippen LogP contribution < -0.4 is 10.1 Å². The summed E-state index contributed by atoms with van der Waals surface area (Å²) >= 11 is 1.76. The van der Waals surface area contributed by atoms with E-state index in [0.29, 0.717) is 17.2 Å². The van der Waals surface area contributed by atoms with Gasteiger partial charge >= 0.3 is 0 Å². The summed E-state index contributed by atoms with van der Waals surface area (Å²) in [5, 5.41) is 5.23. The second-order valence-corrected chi connectivity index (χ2v) is 11.5. The molecule has 1 amide bonds. The average Bonchev–Trinajstić information content (AvgIpc) is 3.59.